The summed E-state index contributed by atoms with van der Waals surface area (Å²) in [5.41, 5.74) is 1.51. The lowest BCUT2D eigenvalue weighted by molar-refractivity contribution is -0.142. The Kier molecular flexibility index (Phi) is 7.43. The van der Waals surface area contributed by atoms with Gasteiger partial charge in [-0.25, -0.2) is 4.79 Å². The number of para-hydroxylation sites is 1. The molecule has 142 valence electrons. The number of carbonyl (C=O) groups excluding carboxylic acids is 2. The predicted molar refractivity (Wildman–Crippen MR) is 104 cm³/mol. The molecule has 1 amide bonds. The highest BCUT2D eigenvalue weighted by atomic mass is 16.5. The Balaban J connectivity index is 1.93. The van der Waals surface area contributed by atoms with Crippen LogP contribution in [0.25, 0.3) is 6.08 Å². The molecule has 2 aromatic rings. The van der Waals surface area contributed by atoms with Gasteiger partial charge in [0.15, 0.2) is 18.1 Å². The lowest BCUT2D eigenvalue weighted by atomic mass is 10.2. The fourth-order valence-electron chi connectivity index (χ4n) is 2.49. The van der Waals surface area contributed by atoms with Crippen molar-refractivity contribution in [2.75, 3.05) is 32.3 Å². The molecule has 0 spiro atoms. The van der Waals surface area contributed by atoms with Crippen molar-refractivity contribution in [2.45, 2.75) is 6.92 Å². The first-order chi connectivity index (χ1) is 13.1. The molecule has 0 heterocycles. The molecule has 0 unspecified atom stereocenters. The Hall–Kier alpha value is -3.28. The molecule has 2 aromatic carbocycles. The van der Waals surface area contributed by atoms with Crippen LogP contribution in [0.1, 0.15) is 12.5 Å². The van der Waals surface area contributed by atoms with Gasteiger partial charge in [0.05, 0.1) is 14.2 Å². The van der Waals surface area contributed by atoms with Gasteiger partial charge < -0.3 is 19.1 Å². The maximum atomic E-state index is 12.3. The summed E-state index contributed by atoms with van der Waals surface area (Å²) in [5, 5.41) is 0. The molecule has 0 saturated heterocycles. The van der Waals surface area contributed by atoms with E-state index in [1.807, 2.05) is 37.3 Å². The van der Waals surface area contributed by atoms with Crippen LogP contribution in [0.3, 0.4) is 0 Å². The van der Waals surface area contributed by atoms with E-state index in [1.165, 1.54) is 13.2 Å². The molecular formula is C21H23NO5. The number of ether oxygens (including phenoxy) is 3. The molecule has 0 atom stereocenters. The number of anilines is 1. The van der Waals surface area contributed by atoms with Crippen molar-refractivity contribution in [2.24, 2.45) is 0 Å². The second kappa shape index (κ2) is 10.0. The summed E-state index contributed by atoms with van der Waals surface area (Å²) in [6.07, 6.45) is 2.86. The normalized spacial score (nSPS) is 10.5. The second-order valence-corrected chi connectivity index (χ2v) is 5.53. The largest absolute Gasteiger partial charge is 0.493 e. The third kappa shape index (κ3) is 5.60. The first kappa shape index (κ1) is 20.0. The number of methoxy groups -OCH3 is 2. The van der Waals surface area contributed by atoms with Crippen LogP contribution in [-0.2, 0) is 14.3 Å². The molecule has 0 bridgehead atoms. The third-order valence-corrected chi connectivity index (χ3v) is 3.84. The van der Waals surface area contributed by atoms with Gasteiger partial charge in [0.25, 0.3) is 5.91 Å². The second-order valence-electron chi connectivity index (χ2n) is 5.53. The minimum atomic E-state index is -0.595. The average Bonchev–Trinajstić information content (AvgIpc) is 2.71. The maximum Gasteiger partial charge on any atom is 0.331 e. The average molecular weight is 369 g/mol. The Labute approximate surface area is 159 Å². The van der Waals surface area contributed by atoms with Gasteiger partial charge in [-0.15, -0.1) is 0 Å². The maximum absolute atomic E-state index is 12.3. The van der Waals surface area contributed by atoms with E-state index < -0.39 is 5.97 Å². The summed E-state index contributed by atoms with van der Waals surface area (Å²) in [5.74, 6) is 0.284. The molecule has 0 radical (unpaired) electrons. The van der Waals surface area contributed by atoms with E-state index in [2.05, 4.69) is 0 Å². The fourth-order valence-corrected chi connectivity index (χ4v) is 2.49. The third-order valence-electron chi connectivity index (χ3n) is 3.84. The molecule has 0 aromatic heterocycles. The van der Waals surface area contributed by atoms with Crippen molar-refractivity contribution in [3.63, 3.8) is 0 Å². The topological polar surface area (TPSA) is 65.1 Å². The number of nitrogens with zero attached hydrogens (tertiary/aromatic N) is 1. The van der Waals surface area contributed by atoms with Gasteiger partial charge in [0.1, 0.15) is 0 Å². The molecule has 0 N–H and O–H groups in total. The van der Waals surface area contributed by atoms with E-state index in [1.54, 1.807) is 36.3 Å². The summed E-state index contributed by atoms with van der Waals surface area (Å²) in [7, 11) is 3.09. The quantitative estimate of drug-likeness (QED) is 0.528. The highest BCUT2D eigenvalue weighted by Gasteiger charge is 2.15. The summed E-state index contributed by atoms with van der Waals surface area (Å²) in [6, 6.07) is 14.5. The van der Waals surface area contributed by atoms with E-state index in [4.69, 9.17) is 14.2 Å². The Morgan fingerprint density at radius 3 is 2.33 bits per heavy atom. The van der Waals surface area contributed by atoms with Crippen molar-refractivity contribution in [3.05, 3.63) is 60.2 Å². The Morgan fingerprint density at radius 2 is 1.70 bits per heavy atom. The van der Waals surface area contributed by atoms with E-state index in [0.29, 0.717) is 18.0 Å². The highest BCUT2D eigenvalue weighted by molar-refractivity contribution is 5.96. The Morgan fingerprint density at radius 1 is 1.00 bits per heavy atom. The van der Waals surface area contributed by atoms with Gasteiger partial charge in [0.2, 0.25) is 0 Å². The number of hydrogen-bond donors (Lipinski definition) is 0. The highest BCUT2D eigenvalue weighted by Crippen LogP contribution is 2.27. The van der Waals surface area contributed by atoms with Crippen LogP contribution < -0.4 is 14.4 Å². The first-order valence-electron chi connectivity index (χ1n) is 8.51. The zero-order chi connectivity index (χ0) is 19.6. The number of rotatable bonds is 8. The molecular weight excluding hydrogens is 346 g/mol. The molecule has 27 heavy (non-hydrogen) atoms. The molecule has 6 nitrogen and oxygen atoms in total. The van der Waals surface area contributed by atoms with E-state index in [0.717, 1.165) is 11.3 Å². The van der Waals surface area contributed by atoms with Crippen LogP contribution in [0.2, 0.25) is 0 Å². The Bertz CT molecular complexity index is 801. The molecule has 0 saturated carbocycles. The molecule has 6 heteroatoms. The van der Waals surface area contributed by atoms with Crippen LogP contribution >= 0.6 is 0 Å². The predicted octanol–water partition coefficient (Wildman–Crippen LogP) is 3.31. The van der Waals surface area contributed by atoms with Crippen LogP contribution in [0.5, 0.6) is 11.5 Å². The number of hydrogen-bond acceptors (Lipinski definition) is 5. The van der Waals surface area contributed by atoms with Gasteiger partial charge in [-0.1, -0.05) is 24.3 Å². The summed E-state index contributed by atoms with van der Waals surface area (Å²) in [4.78, 5) is 25.8. The minimum Gasteiger partial charge on any atom is -0.493 e. The number of esters is 1. The SMILES string of the molecule is CCN(C(=O)COC(=O)C=Cc1ccc(OC)c(OC)c1)c1ccccc1. The number of likely N-dealkylation sites (N-methyl/N-ethyl adjacent to an activating group) is 1. The van der Waals surface area contributed by atoms with E-state index in [-0.39, 0.29) is 12.5 Å². The number of benzene rings is 2. The van der Waals surface area contributed by atoms with Crippen molar-refractivity contribution < 1.29 is 23.8 Å². The number of carbonyl (C=O) groups is 2. The molecule has 0 aliphatic carbocycles. The molecule has 0 fully saturated rings. The lowest BCUT2D eigenvalue weighted by Gasteiger charge is -2.20. The van der Waals surface area contributed by atoms with Gasteiger partial charge in [-0.3, -0.25) is 4.79 Å². The standard InChI is InChI=1S/C21H23NO5/c1-4-22(17-8-6-5-7-9-17)20(23)15-27-21(24)13-11-16-10-12-18(25-2)19(14-16)26-3/h5-14H,4,15H2,1-3H3. The zero-order valence-corrected chi connectivity index (χ0v) is 15.7. The van der Waals surface area contributed by atoms with E-state index in [9.17, 15) is 9.59 Å². The molecule has 0 aliphatic rings. The monoisotopic (exact) mass is 369 g/mol. The van der Waals surface area contributed by atoms with Crippen molar-refractivity contribution in [3.8, 4) is 11.5 Å². The van der Waals surface area contributed by atoms with Gasteiger partial charge >= 0.3 is 5.97 Å². The van der Waals surface area contributed by atoms with Crippen molar-refractivity contribution in [1.29, 1.82) is 0 Å². The van der Waals surface area contributed by atoms with Crippen LogP contribution in [0.4, 0.5) is 5.69 Å². The van der Waals surface area contributed by atoms with Crippen LogP contribution in [0, 0.1) is 0 Å². The summed E-state index contributed by atoms with van der Waals surface area (Å²) >= 11 is 0. The molecule has 0 aliphatic heterocycles. The van der Waals surface area contributed by atoms with Gasteiger partial charge in [-0.05, 0) is 42.8 Å². The summed E-state index contributed by atoms with van der Waals surface area (Å²) in [6.45, 7) is 2.03. The van der Waals surface area contributed by atoms with Crippen molar-refractivity contribution >= 4 is 23.6 Å². The summed E-state index contributed by atoms with van der Waals surface area (Å²) < 4.78 is 15.4. The number of amides is 1. The van der Waals surface area contributed by atoms with Crippen LogP contribution in [0.15, 0.2) is 54.6 Å². The molecule has 2 rings (SSSR count). The first-order valence-corrected chi connectivity index (χ1v) is 8.51. The van der Waals surface area contributed by atoms with Crippen LogP contribution in [-0.4, -0.2) is 39.2 Å². The smallest absolute Gasteiger partial charge is 0.331 e. The van der Waals surface area contributed by atoms with Gasteiger partial charge in [-0.2, -0.15) is 0 Å². The van der Waals surface area contributed by atoms with E-state index >= 15 is 0 Å². The fraction of sp³-hybridized carbons (Fsp3) is 0.238. The van der Waals surface area contributed by atoms with Crippen molar-refractivity contribution in [1.82, 2.24) is 0 Å². The zero-order valence-electron chi connectivity index (χ0n) is 15.7. The van der Waals surface area contributed by atoms with Gasteiger partial charge in [0, 0.05) is 18.3 Å². The minimum absolute atomic E-state index is 0.281. The lowest BCUT2D eigenvalue weighted by Crippen LogP contribution is -2.34.